The van der Waals surface area contributed by atoms with E-state index < -0.39 is 5.92 Å². The fourth-order valence-electron chi connectivity index (χ4n) is 3.34. The van der Waals surface area contributed by atoms with Gasteiger partial charge in [0.05, 0.1) is 5.92 Å². The number of rotatable bonds is 4. The number of hydrogen-bond donors (Lipinski definition) is 1. The van der Waals surface area contributed by atoms with Crippen LogP contribution in [0.25, 0.3) is 11.4 Å². The van der Waals surface area contributed by atoms with E-state index in [0.29, 0.717) is 34.7 Å². The van der Waals surface area contributed by atoms with E-state index in [9.17, 15) is 9.59 Å². The minimum atomic E-state index is -0.447. The first kappa shape index (κ1) is 19.1. The fourth-order valence-corrected chi connectivity index (χ4v) is 3.51. The van der Waals surface area contributed by atoms with Gasteiger partial charge >= 0.3 is 0 Å². The number of nitrogens with zero attached hydrogens (tertiary/aromatic N) is 3. The Labute approximate surface area is 172 Å². The summed E-state index contributed by atoms with van der Waals surface area (Å²) >= 11 is 6.12. The molecule has 8 heteroatoms. The topological polar surface area (TPSA) is 88.3 Å². The Kier molecular flexibility index (Phi) is 5.07. The molecule has 29 heavy (non-hydrogen) atoms. The van der Waals surface area contributed by atoms with Crippen molar-refractivity contribution in [2.45, 2.75) is 20.3 Å². The predicted octanol–water partition coefficient (Wildman–Crippen LogP) is 4.00. The molecule has 7 nitrogen and oxygen atoms in total. The molecular weight excluding hydrogens is 392 g/mol. The van der Waals surface area contributed by atoms with Crippen molar-refractivity contribution in [3.05, 3.63) is 58.9 Å². The van der Waals surface area contributed by atoms with Crippen LogP contribution in [0.3, 0.4) is 0 Å². The van der Waals surface area contributed by atoms with Crippen LogP contribution < -0.4 is 10.2 Å². The lowest BCUT2D eigenvalue weighted by Gasteiger charge is -2.17. The molecule has 1 saturated heterocycles. The molecule has 4 rings (SSSR count). The zero-order valence-electron chi connectivity index (χ0n) is 16.0. The Morgan fingerprint density at radius 3 is 2.79 bits per heavy atom. The molecule has 2 aromatic carbocycles. The van der Waals surface area contributed by atoms with Crippen molar-refractivity contribution in [3.8, 4) is 11.4 Å². The first-order chi connectivity index (χ1) is 13.9. The highest BCUT2D eigenvalue weighted by Gasteiger charge is 2.35. The van der Waals surface area contributed by atoms with Crippen LogP contribution in [0, 0.1) is 19.8 Å². The molecule has 2 amide bonds. The minimum absolute atomic E-state index is 0.102. The van der Waals surface area contributed by atoms with Gasteiger partial charge in [0, 0.05) is 41.9 Å². The monoisotopic (exact) mass is 410 g/mol. The molecule has 1 unspecified atom stereocenters. The van der Waals surface area contributed by atoms with Crippen LogP contribution in [0.1, 0.15) is 17.9 Å². The van der Waals surface area contributed by atoms with Crippen molar-refractivity contribution in [1.82, 2.24) is 10.1 Å². The minimum Gasteiger partial charge on any atom is -0.339 e. The van der Waals surface area contributed by atoms with Gasteiger partial charge in [0.25, 0.3) is 0 Å². The summed E-state index contributed by atoms with van der Waals surface area (Å²) in [5.74, 6) is 0.181. The second kappa shape index (κ2) is 7.67. The third-order valence-electron chi connectivity index (χ3n) is 4.96. The van der Waals surface area contributed by atoms with Gasteiger partial charge in [-0.3, -0.25) is 9.59 Å². The molecule has 1 fully saturated rings. The van der Waals surface area contributed by atoms with E-state index in [0.717, 1.165) is 11.1 Å². The van der Waals surface area contributed by atoms with Crippen LogP contribution in [0.15, 0.2) is 47.0 Å². The number of aromatic nitrogens is 2. The Bertz CT molecular complexity index is 1100. The van der Waals surface area contributed by atoms with Crippen molar-refractivity contribution >= 4 is 34.8 Å². The van der Waals surface area contributed by atoms with E-state index in [1.807, 2.05) is 31.2 Å². The molecule has 3 aromatic rings. The largest absolute Gasteiger partial charge is 0.339 e. The van der Waals surface area contributed by atoms with Crippen LogP contribution in [0.4, 0.5) is 11.4 Å². The summed E-state index contributed by atoms with van der Waals surface area (Å²) in [6.07, 6.45) is 0.150. The van der Waals surface area contributed by atoms with E-state index in [-0.39, 0.29) is 18.2 Å². The lowest BCUT2D eigenvalue weighted by molar-refractivity contribution is -0.122. The average molecular weight is 411 g/mol. The molecule has 1 atom stereocenters. The highest BCUT2D eigenvalue weighted by Crippen LogP contribution is 2.30. The molecule has 1 aromatic heterocycles. The summed E-state index contributed by atoms with van der Waals surface area (Å²) in [4.78, 5) is 31.1. The molecule has 0 radical (unpaired) electrons. The molecule has 0 aliphatic carbocycles. The van der Waals surface area contributed by atoms with Crippen molar-refractivity contribution in [3.63, 3.8) is 0 Å². The fraction of sp³-hybridized carbons (Fsp3) is 0.238. The highest BCUT2D eigenvalue weighted by molar-refractivity contribution is 6.31. The molecule has 0 spiro atoms. The first-order valence-electron chi connectivity index (χ1n) is 9.19. The maximum Gasteiger partial charge on any atom is 0.229 e. The van der Waals surface area contributed by atoms with Gasteiger partial charge in [-0.05, 0) is 36.8 Å². The summed E-state index contributed by atoms with van der Waals surface area (Å²) in [6, 6.07) is 12.7. The number of benzene rings is 2. The number of halogens is 1. The maximum absolute atomic E-state index is 12.7. The number of nitrogens with one attached hydrogen (secondary N) is 1. The Morgan fingerprint density at radius 2 is 2.03 bits per heavy atom. The number of anilines is 2. The van der Waals surface area contributed by atoms with Crippen LogP contribution in [-0.4, -0.2) is 28.5 Å². The molecule has 2 heterocycles. The molecule has 1 aliphatic heterocycles. The zero-order valence-corrected chi connectivity index (χ0v) is 16.7. The maximum atomic E-state index is 12.7. The zero-order chi connectivity index (χ0) is 20.5. The third kappa shape index (κ3) is 3.86. The van der Waals surface area contributed by atoms with Crippen molar-refractivity contribution in [2.24, 2.45) is 5.92 Å². The molecule has 1 aliphatic rings. The van der Waals surface area contributed by atoms with Gasteiger partial charge in [0.1, 0.15) is 0 Å². The molecular formula is C21H19ClN4O3. The Balaban J connectivity index is 1.51. The quantitative estimate of drug-likeness (QED) is 0.702. The molecule has 1 N–H and O–H groups in total. The van der Waals surface area contributed by atoms with Gasteiger partial charge in [-0.15, -0.1) is 0 Å². The van der Waals surface area contributed by atoms with Gasteiger partial charge in [0.15, 0.2) is 0 Å². The number of hydrogen-bond acceptors (Lipinski definition) is 5. The number of aryl methyl sites for hydroxylation is 1. The molecule has 0 bridgehead atoms. The van der Waals surface area contributed by atoms with E-state index >= 15 is 0 Å². The number of carbonyl (C=O) groups excluding carboxylic acids is 2. The number of amides is 2. The number of carbonyl (C=O) groups is 2. The Hall–Kier alpha value is -3.19. The van der Waals surface area contributed by atoms with Crippen LogP contribution in [0.5, 0.6) is 0 Å². The Morgan fingerprint density at radius 1 is 1.24 bits per heavy atom. The lowest BCUT2D eigenvalue weighted by atomic mass is 10.1. The van der Waals surface area contributed by atoms with Gasteiger partial charge in [-0.2, -0.15) is 4.98 Å². The molecule has 148 valence electrons. The second-order valence-corrected chi connectivity index (χ2v) is 7.40. The highest BCUT2D eigenvalue weighted by atomic mass is 35.5. The van der Waals surface area contributed by atoms with E-state index in [2.05, 4.69) is 15.5 Å². The van der Waals surface area contributed by atoms with Gasteiger partial charge < -0.3 is 14.7 Å². The van der Waals surface area contributed by atoms with Gasteiger partial charge in [0.2, 0.25) is 23.5 Å². The first-order valence-corrected chi connectivity index (χ1v) is 9.57. The summed E-state index contributed by atoms with van der Waals surface area (Å²) in [5.41, 5.74) is 2.90. The summed E-state index contributed by atoms with van der Waals surface area (Å²) < 4.78 is 5.02. The average Bonchev–Trinajstić information content (AvgIpc) is 3.31. The van der Waals surface area contributed by atoms with E-state index in [1.165, 1.54) is 0 Å². The van der Waals surface area contributed by atoms with Gasteiger partial charge in [-0.25, -0.2) is 0 Å². The normalized spacial score (nSPS) is 16.3. The van der Waals surface area contributed by atoms with Crippen molar-refractivity contribution < 1.29 is 14.1 Å². The lowest BCUT2D eigenvalue weighted by Crippen LogP contribution is -2.28. The van der Waals surface area contributed by atoms with Crippen LogP contribution in [0.2, 0.25) is 5.02 Å². The van der Waals surface area contributed by atoms with Crippen molar-refractivity contribution in [1.29, 1.82) is 0 Å². The second-order valence-electron chi connectivity index (χ2n) is 6.99. The van der Waals surface area contributed by atoms with Crippen molar-refractivity contribution in [2.75, 3.05) is 16.8 Å². The smallest absolute Gasteiger partial charge is 0.229 e. The molecule has 0 saturated carbocycles. The predicted molar refractivity (Wildman–Crippen MR) is 110 cm³/mol. The van der Waals surface area contributed by atoms with Gasteiger partial charge in [-0.1, -0.05) is 35.0 Å². The summed E-state index contributed by atoms with van der Waals surface area (Å²) in [7, 11) is 0. The van der Waals surface area contributed by atoms with Crippen LogP contribution in [-0.2, 0) is 9.59 Å². The summed E-state index contributed by atoms with van der Waals surface area (Å²) in [6.45, 7) is 3.86. The third-order valence-corrected chi connectivity index (χ3v) is 5.37. The standard InChI is InChI=1S/C21H19ClN4O3/c1-12-17(22)7-4-8-18(12)24-21(28)15-10-19(27)26(11-15)16-6-3-5-14(9-16)20-23-13(2)29-25-20/h3-9,15H,10-11H2,1-2H3,(H,24,28). The van der Waals surface area contributed by atoms with E-state index in [4.69, 9.17) is 16.1 Å². The SMILES string of the molecule is Cc1nc(-c2cccc(N3CC(C(=O)Nc4cccc(Cl)c4C)CC3=O)c2)no1. The van der Waals surface area contributed by atoms with Crippen LogP contribution >= 0.6 is 11.6 Å². The van der Waals surface area contributed by atoms with E-state index in [1.54, 1.807) is 30.0 Å². The summed E-state index contributed by atoms with van der Waals surface area (Å²) in [5, 5.41) is 7.39.